The van der Waals surface area contributed by atoms with Gasteiger partial charge < -0.3 is 14.4 Å². The van der Waals surface area contributed by atoms with Gasteiger partial charge in [-0.25, -0.2) is 17.9 Å². The topological polar surface area (TPSA) is 97.6 Å². The highest BCUT2D eigenvalue weighted by Crippen LogP contribution is 2.37. The Bertz CT molecular complexity index is 589. The van der Waals surface area contributed by atoms with Gasteiger partial charge in [0.25, 0.3) is 0 Å². The average molecular weight is 302 g/mol. The van der Waals surface area contributed by atoms with Crippen LogP contribution in [0.5, 0.6) is 0 Å². The fraction of sp³-hybridized carbons (Fsp3) is 0.583. The molecule has 1 heterocycles. The minimum atomic E-state index is -3.67. The Labute approximate surface area is 117 Å². The van der Waals surface area contributed by atoms with Crippen molar-refractivity contribution in [2.75, 3.05) is 20.3 Å². The third-order valence-corrected chi connectivity index (χ3v) is 4.54. The van der Waals surface area contributed by atoms with Crippen LogP contribution in [-0.4, -0.2) is 44.3 Å². The minimum Gasteiger partial charge on any atom is -0.477 e. The molecule has 7 nitrogen and oxygen atoms in total. The normalized spacial score (nSPS) is 15.4. The van der Waals surface area contributed by atoms with Crippen molar-refractivity contribution < 1.29 is 23.1 Å². The number of hydrogen-bond acceptors (Lipinski definition) is 4. The summed E-state index contributed by atoms with van der Waals surface area (Å²) in [6.45, 7) is 0.721. The minimum absolute atomic E-state index is 0.000725. The standard InChI is InChI=1S/C12H18N2O5S/c1-19-6-2-5-13-20(17,18)10-7-11(12(15)16)14(8-10)9-3-4-9/h7-9,13H,2-6H2,1H3,(H,15,16). The number of carboxylic acid groups (broad SMARTS) is 1. The number of carbonyl (C=O) groups is 1. The number of carboxylic acids is 1. The lowest BCUT2D eigenvalue weighted by Gasteiger charge is -2.04. The number of aromatic carboxylic acids is 1. The van der Waals surface area contributed by atoms with Crippen LogP contribution in [0.25, 0.3) is 0 Å². The van der Waals surface area contributed by atoms with Crippen LogP contribution in [0.3, 0.4) is 0 Å². The molecule has 2 N–H and O–H groups in total. The van der Waals surface area contributed by atoms with Gasteiger partial charge in [0.05, 0.1) is 0 Å². The lowest BCUT2D eigenvalue weighted by molar-refractivity contribution is 0.0685. The first kappa shape index (κ1) is 15.0. The van der Waals surface area contributed by atoms with Gasteiger partial charge >= 0.3 is 5.97 Å². The summed E-state index contributed by atoms with van der Waals surface area (Å²) in [6.07, 6.45) is 3.73. The van der Waals surface area contributed by atoms with Crippen molar-refractivity contribution in [2.45, 2.75) is 30.2 Å². The summed E-state index contributed by atoms with van der Waals surface area (Å²) in [6, 6.07) is 1.32. The summed E-state index contributed by atoms with van der Waals surface area (Å²) >= 11 is 0. The van der Waals surface area contributed by atoms with Crippen LogP contribution in [0.15, 0.2) is 17.2 Å². The van der Waals surface area contributed by atoms with E-state index >= 15 is 0 Å². The molecule has 0 aromatic carbocycles. The van der Waals surface area contributed by atoms with Crippen LogP contribution in [0.1, 0.15) is 35.8 Å². The molecule has 0 radical (unpaired) electrons. The first-order valence-electron chi connectivity index (χ1n) is 6.39. The van der Waals surface area contributed by atoms with E-state index in [2.05, 4.69) is 4.72 Å². The third-order valence-electron chi connectivity index (χ3n) is 3.11. The first-order chi connectivity index (χ1) is 9.45. The quantitative estimate of drug-likeness (QED) is 0.693. The van der Waals surface area contributed by atoms with Crippen LogP contribution in [0.4, 0.5) is 0 Å². The van der Waals surface area contributed by atoms with Crippen LogP contribution >= 0.6 is 0 Å². The molecule has 0 saturated heterocycles. The predicted molar refractivity (Wildman–Crippen MR) is 71.3 cm³/mol. The Morgan fingerprint density at radius 3 is 2.80 bits per heavy atom. The van der Waals surface area contributed by atoms with Crippen molar-refractivity contribution in [2.24, 2.45) is 0 Å². The van der Waals surface area contributed by atoms with Crippen molar-refractivity contribution in [3.63, 3.8) is 0 Å². The summed E-state index contributed by atoms with van der Waals surface area (Å²) in [4.78, 5) is 11.1. The summed E-state index contributed by atoms with van der Waals surface area (Å²) < 4.78 is 32.9. The molecule has 0 spiro atoms. The maximum Gasteiger partial charge on any atom is 0.352 e. The lowest BCUT2D eigenvalue weighted by Crippen LogP contribution is -2.25. The zero-order chi connectivity index (χ0) is 14.8. The molecule has 1 aliphatic carbocycles. The van der Waals surface area contributed by atoms with E-state index in [1.165, 1.54) is 16.8 Å². The zero-order valence-electron chi connectivity index (χ0n) is 11.2. The Morgan fingerprint density at radius 2 is 2.25 bits per heavy atom. The van der Waals surface area contributed by atoms with E-state index in [1.54, 1.807) is 7.11 Å². The van der Waals surface area contributed by atoms with Crippen LogP contribution in [0, 0.1) is 0 Å². The van der Waals surface area contributed by atoms with Gasteiger partial charge in [0.2, 0.25) is 10.0 Å². The van der Waals surface area contributed by atoms with Crippen LogP contribution in [0.2, 0.25) is 0 Å². The average Bonchev–Trinajstić information content (AvgIpc) is 3.12. The Morgan fingerprint density at radius 1 is 1.55 bits per heavy atom. The van der Waals surface area contributed by atoms with Gasteiger partial charge in [0, 0.05) is 32.5 Å². The van der Waals surface area contributed by atoms with E-state index in [9.17, 15) is 13.2 Å². The van der Waals surface area contributed by atoms with E-state index in [-0.39, 0.29) is 23.2 Å². The van der Waals surface area contributed by atoms with Gasteiger partial charge in [-0.15, -0.1) is 0 Å². The van der Waals surface area contributed by atoms with Crippen molar-refractivity contribution >= 4 is 16.0 Å². The Kier molecular flexibility index (Phi) is 4.46. The van der Waals surface area contributed by atoms with E-state index in [4.69, 9.17) is 9.84 Å². The van der Waals surface area contributed by atoms with Crippen molar-refractivity contribution in [1.82, 2.24) is 9.29 Å². The van der Waals surface area contributed by atoms with E-state index in [0.717, 1.165) is 12.8 Å². The summed E-state index contributed by atoms with van der Waals surface area (Å²) in [5, 5.41) is 9.11. The third kappa shape index (κ3) is 3.38. The molecular weight excluding hydrogens is 284 g/mol. The van der Waals surface area contributed by atoms with Crippen LogP contribution < -0.4 is 4.72 Å². The number of nitrogens with one attached hydrogen (secondary N) is 1. The molecule has 1 fully saturated rings. The Hall–Kier alpha value is -1.38. The maximum absolute atomic E-state index is 12.1. The molecule has 0 unspecified atom stereocenters. The molecule has 1 aliphatic rings. The molecule has 1 aromatic heterocycles. The summed E-state index contributed by atoms with van der Waals surface area (Å²) in [5.74, 6) is -1.11. The van der Waals surface area contributed by atoms with Gasteiger partial charge in [-0.05, 0) is 25.3 Å². The number of rotatable bonds is 8. The van der Waals surface area contributed by atoms with Gasteiger partial charge in [-0.3, -0.25) is 0 Å². The summed E-state index contributed by atoms with van der Waals surface area (Å²) in [7, 11) is -2.13. The SMILES string of the molecule is COCCCNS(=O)(=O)c1cc(C(=O)O)n(C2CC2)c1. The molecule has 1 saturated carbocycles. The highest BCUT2D eigenvalue weighted by molar-refractivity contribution is 7.89. The van der Waals surface area contributed by atoms with Gasteiger partial charge in [0.1, 0.15) is 10.6 Å². The second-order valence-electron chi connectivity index (χ2n) is 4.75. The summed E-state index contributed by atoms with van der Waals surface area (Å²) in [5.41, 5.74) is 0.0183. The number of hydrogen-bond donors (Lipinski definition) is 2. The molecular formula is C12H18N2O5S. The van der Waals surface area contributed by atoms with Gasteiger partial charge in [0.15, 0.2) is 0 Å². The molecule has 112 valence electrons. The van der Waals surface area contributed by atoms with E-state index in [0.29, 0.717) is 13.0 Å². The largest absolute Gasteiger partial charge is 0.477 e. The van der Waals surface area contributed by atoms with Crippen molar-refractivity contribution in [3.8, 4) is 0 Å². The maximum atomic E-state index is 12.1. The Balaban J connectivity index is 2.15. The predicted octanol–water partition coefficient (Wildman–Crippen LogP) is 0.836. The number of sulfonamides is 1. The molecule has 0 atom stereocenters. The highest BCUT2D eigenvalue weighted by atomic mass is 32.2. The zero-order valence-corrected chi connectivity index (χ0v) is 12.0. The molecule has 2 rings (SSSR count). The second kappa shape index (κ2) is 5.94. The number of methoxy groups -OCH3 is 1. The van der Waals surface area contributed by atoms with Crippen molar-refractivity contribution in [3.05, 3.63) is 18.0 Å². The fourth-order valence-electron chi connectivity index (χ4n) is 1.93. The molecule has 0 aliphatic heterocycles. The van der Waals surface area contributed by atoms with Crippen LogP contribution in [-0.2, 0) is 14.8 Å². The molecule has 0 amide bonds. The smallest absolute Gasteiger partial charge is 0.352 e. The van der Waals surface area contributed by atoms with E-state index in [1.807, 2.05) is 0 Å². The number of aromatic nitrogens is 1. The lowest BCUT2D eigenvalue weighted by atomic mass is 10.4. The molecule has 0 bridgehead atoms. The number of ether oxygens (including phenoxy) is 1. The van der Waals surface area contributed by atoms with E-state index < -0.39 is 16.0 Å². The van der Waals surface area contributed by atoms with Crippen molar-refractivity contribution in [1.29, 1.82) is 0 Å². The monoisotopic (exact) mass is 302 g/mol. The fourth-order valence-corrected chi connectivity index (χ4v) is 3.03. The second-order valence-corrected chi connectivity index (χ2v) is 6.52. The van der Waals surface area contributed by atoms with Gasteiger partial charge in [-0.1, -0.05) is 0 Å². The number of nitrogens with zero attached hydrogens (tertiary/aromatic N) is 1. The van der Waals surface area contributed by atoms with Gasteiger partial charge in [-0.2, -0.15) is 0 Å². The molecule has 1 aromatic rings. The molecule has 20 heavy (non-hydrogen) atoms. The highest BCUT2D eigenvalue weighted by Gasteiger charge is 2.30. The molecule has 8 heteroatoms. The first-order valence-corrected chi connectivity index (χ1v) is 7.88.